The van der Waals surface area contributed by atoms with Crippen molar-refractivity contribution in [1.82, 2.24) is 0 Å². The first kappa shape index (κ1) is 19.5. The first-order chi connectivity index (χ1) is 13.1. The molecule has 0 radical (unpaired) electrons. The van der Waals surface area contributed by atoms with Crippen molar-refractivity contribution < 1.29 is 8.78 Å². The van der Waals surface area contributed by atoms with E-state index in [4.69, 9.17) is 0 Å². The quantitative estimate of drug-likeness (QED) is 0.448. The summed E-state index contributed by atoms with van der Waals surface area (Å²) < 4.78 is 28.8. The van der Waals surface area contributed by atoms with Gasteiger partial charge in [-0.2, -0.15) is 0 Å². The Kier molecular flexibility index (Phi) is 6.53. The van der Waals surface area contributed by atoms with E-state index in [0.717, 1.165) is 10.6 Å². The standard InChI is InChI=1S/C24H23F2P/c1-18(2)23(17-16-19-10-6-7-13-21(19)25)27(20-11-4-3-5-12-20)24-15-9-8-14-22(24)26/h3-15,17-18H,16H2,1-2H3/b23-17-. The van der Waals surface area contributed by atoms with Gasteiger partial charge in [-0.25, -0.2) is 8.78 Å². The molecular weight excluding hydrogens is 357 g/mol. The summed E-state index contributed by atoms with van der Waals surface area (Å²) >= 11 is 0. The van der Waals surface area contributed by atoms with E-state index in [0.29, 0.717) is 17.3 Å². The van der Waals surface area contributed by atoms with Gasteiger partial charge in [-0.05, 0) is 48.6 Å². The third-order valence-electron chi connectivity index (χ3n) is 4.45. The van der Waals surface area contributed by atoms with Crippen LogP contribution in [0.4, 0.5) is 8.78 Å². The van der Waals surface area contributed by atoms with Gasteiger partial charge in [0.1, 0.15) is 11.6 Å². The van der Waals surface area contributed by atoms with Crippen molar-refractivity contribution in [2.75, 3.05) is 0 Å². The fourth-order valence-electron chi connectivity index (χ4n) is 3.10. The molecule has 3 heteroatoms. The third kappa shape index (κ3) is 4.70. The molecule has 0 nitrogen and oxygen atoms in total. The van der Waals surface area contributed by atoms with E-state index in [1.165, 1.54) is 12.1 Å². The summed E-state index contributed by atoms with van der Waals surface area (Å²) in [6.07, 6.45) is 2.59. The highest BCUT2D eigenvalue weighted by atomic mass is 31.1. The van der Waals surface area contributed by atoms with Gasteiger partial charge in [0, 0.05) is 5.30 Å². The third-order valence-corrected chi connectivity index (χ3v) is 7.32. The van der Waals surface area contributed by atoms with E-state index in [9.17, 15) is 8.78 Å². The Morgan fingerprint density at radius 2 is 1.41 bits per heavy atom. The Labute approximate surface area is 161 Å². The van der Waals surface area contributed by atoms with Crippen LogP contribution in [0, 0.1) is 17.6 Å². The SMILES string of the molecule is CC(C)/C(=C/Cc1ccccc1F)P(c1ccccc1)c1ccccc1F. The van der Waals surface area contributed by atoms with Crippen molar-refractivity contribution in [3.05, 3.63) is 107 Å². The Morgan fingerprint density at radius 1 is 0.815 bits per heavy atom. The topological polar surface area (TPSA) is 0 Å². The van der Waals surface area contributed by atoms with Crippen LogP contribution < -0.4 is 10.6 Å². The van der Waals surface area contributed by atoms with E-state index in [1.807, 2.05) is 36.4 Å². The van der Waals surface area contributed by atoms with Gasteiger partial charge in [-0.1, -0.05) is 86.7 Å². The fraction of sp³-hybridized carbons (Fsp3) is 0.167. The van der Waals surface area contributed by atoms with E-state index < -0.39 is 7.92 Å². The van der Waals surface area contributed by atoms with Gasteiger partial charge in [-0.15, -0.1) is 0 Å². The maximum atomic E-state index is 14.7. The molecule has 0 aromatic heterocycles. The van der Waals surface area contributed by atoms with Gasteiger partial charge >= 0.3 is 0 Å². The van der Waals surface area contributed by atoms with Crippen LogP contribution in [0.15, 0.2) is 90.3 Å². The van der Waals surface area contributed by atoms with E-state index in [1.54, 1.807) is 18.2 Å². The highest BCUT2D eigenvalue weighted by molar-refractivity contribution is 7.76. The zero-order chi connectivity index (χ0) is 19.2. The molecule has 27 heavy (non-hydrogen) atoms. The van der Waals surface area contributed by atoms with Gasteiger partial charge in [-0.3, -0.25) is 0 Å². The first-order valence-corrected chi connectivity index (χ1v) is 10.4. The largest absolute Gasteiger partial charge is 0.207 e. The van der Waals surface area contributed by atoms with Crippen LogP contribution >= 0.6 is 7.92 Å². The van der Waals surface area contributed by atoms with Crippen molar-refractivity contribution >= 4 is 18.5 Å². The van der Waals surface area contributed by atoms with Crippen LogP contribution in [-0.2, 0) is 6.42 Å². The number of hydrogen-bond acceptors (Lipinski definition) is 0. The average molecular weight is 380 g/mol. The minimum Gasteiger partial charge on any atom is -0.207 e. The second-order valence-corrected chi connectivity index (χ2v) is 8.89. The van der Waals surface area contributed by atoms with Crippen molar-refractivity contribution in [2.45, 2.75) is 20.3 Å². The van der Waals surface area contributed by atoms with Gasteiger partial charge in [0.25, 0.3) is 0 Å². The van der Waals surface area contributed by atoms with E-state index in [-0.39, 0.29) is 17.6 Å². The van der Waals surface area contributed by atoms with Gasteiger partial charge < -0.3 is 0 Å². The molecule has 1 unspecified atom stereocenters. The summed E-state index contributed by atoms with van der Waals surface area (Å²) in [6.45, 7) is 4.23. The normalized spacial score (nSPS) is 13.0. The predicted molar refractivity (Wildman–Crippen MR) is 112 cm³/mol. The van der Waals surface area contributed by atoms with Gasteiger partial charge in [0.15, 0.2) is 0 Å². The number of allylic oxidation sites excluding steroid dienone is 2. The lowest BCUT2D eigenvalue weighted by Gasteiger charge is -2.25. The second-order valence-electron chi connectivity index (χ2n) is 6.70. The molecule has 0 bridgehead atoms. The summed E-state index contributed by atoms with van der Waals surface area (Å²) in [6, 6.07) is 23.9. The number of rotatable bonds is 6. The molecule has 1 atom stereocenters. The Morgan fingerprint density at radius 3 is 2.04 bits per heavy atom. The zero-order valence-corrected chi connectivity index (χ0v) is 16.5. The van der Waals surface area contributed by atoms with Gasteiger partial charge in [0.2, 0.25) is 0 Å². The fourth-order valence-corrected chi connectivity index (χ4v) is 5.74. The van der Waals surface area contributed by atoms with Crippen LogP contribution in [0.25, 0.3) is 0 Å². The highest BCUT2D eigenvalue weighted by Gasteiger charge is 2.23. The molecule has 0 N–H and O–H groups in total. The first-order valence-electron chi connectivity index (χ1n) is 9.11. The lowest BCUT2D eigenvalue weighted by molar-refractivity contribution is 0.614. The van der Waals surface area contributed by atoms with Crippen LogP contribution in [0.5, 0.6) is 0 Å². The second kappa shape index (κ2) is 9.06. The molecule has 3 aromatic rings. The zero-order valence-electron chi connectivity index (χ0n) is 15.6. The molecule has 3 aromatic carbocycles. The highest BCUT2D eigenvalue weighted by Crippen LogP contribution is 2.47. The molecule has 0 aliphatic heterocycles. The lowest BCUT2D eigenvalue weighted by Crippen LogP contribution is -2.18. The molecule has 0 saturated heterocycles. The minimum absolute atomic E-state index is 0.190. The summed E-state index contributed by atoms with van der Waals surface area (Å²) in [5.41, 5.74) is 0.659. The van der Waals surface area contributed by atoms with Crippen LogP contribution in [0.3, 0.4) is 0 Å². The molecule has 0 spiro atoms. The maximum absolute atomic E-state index is 14.7. The van der Waals surface area contributed by atoms with Gasteiger partial charge in [0.05, 0.1) is 0 Å². The van der Waals surface area contributed by atoms with Crippen molar-refractivity contribution in [2.24, 2.45) is 5.92 Å². The van der Waals surface area contributed by atoms with Crippen molar-refractivity contribution in [3.8, 4) is 0 Å². The summed E-state index contributed by atoms with van der Waals surface area (Å²) in [7, 11) is -1.02. The Balaban J connectivity index is 2.08. The molecular formula is C24H23F2P. The van der Waals surface area contributed by atoms with Crippen molar-refractivity contribution in [3.63, 3.8) is 0 Å². The molecule has 0 amide bonds. The number of halogens is 2. The number of hydrogen-bond donors (Lipinski definition) is 0. The van der Waals surface area contributed by atoms with E-state index >= 15 is 0 Å². The van der Waals surface area contributed by atoms with Crippen LogP contribution in [0.1, 0.15) is 19.4 Å². The van der Waals surface area contributed by atoms with E-state index in [2.05, 4.69) is 32.1 Å². The molecule has 0 aliphatic carbocycles. The molecule has 0 saturated carbocycles. The Bertz CT molecular complexity index is 916. The summed E-state index contributed by atoms with van der Waals surface area (Å²) in [4.78, 5) is 0. The number of benzene rings is 3. The summed E-state index contributed by atoms with van der Waals surface area (Å²) in [5.74, 6) is -0.167. The smallest absolute Gasteiger partial charge is 0.131 e. The maximum Gasteiger partial charge on any atom is 0.131 e. The molecule has 0 fully saturated rings. The Hall–Kier alpha value is -2.31. The molecule has 0 heterocycles. The predicted octanol–water partition coefficient (Wildman–Crippen LogP) is 6.18. The monoisotopic (exact) mass is 380 g/mol. The van der Waals surface area contributed by atoms with Crippen LogP contribution in [0.2, 0.25) is 0 Å². The molecule has 138 valence electrons. The average Bonchev–Trinajstić information content (AvgIpc) is 2.68. The van der Waals surface area contributed by atoms with Crippen molar-refractivity contribution in [1.29, 1.82) is 0 Å². The molecule has 3 rings (SSSR count). The minimum atomic E-state index is -1.02. The molecule has 0 aliphatic rings. The van der Waals surface area contributed by atoms with Crippen LogP contribution in [-0.4, -0.2) is 0 Å². The summed E-state index contributed by atoms with van der Waals surface area (Å²) in [5, 5.41) is 2.97. The lowest BCUT2D eigenvalue weighted by atomic mass is 10.1.